The van der Waals surface area contributed by atoms with Gasteiger partial charge in [0.15, 0.2) is 0 Å². The highest BCUT2D eigenvalue weighted by Crippen LogP contribution is 2.21. The van der Waals surface area contributed by atoms with Gasteiger partial charge in [-0.05, 0) is 30.0 Å². The van der Waals surface area contributed by atoms with Crippen molar-refractivity contribution in [3.05, 3.63) is 52.5 Å². The highest BCUT2D eigenvalue weighted by atomic mass is 32.1. The van der Waals surface area contributed by atoms with Crippen LogP contribution in [0.25, 0.3) is 11.0 Å². The van der Waals surface area contributed by atoms with Crippen LogP contribution in [-0.4, -0.2) is 9.55 Å². The minimum atomic E-state index is 0.943. The number of fused-ring (bicyclic) bond motifs is 1. The van der Waals surface area contributed by atoms with Gasteiger partial charge in [-0.15, -0.1) is 11.3 Å². The lowest BCUT2D eigenvalue weighted by atomic mass is 10.2. The summed E-state index contributed by atoms with van der Waals surface area (Å²) >= 11 is 1.81. The summed E-state index contributed by atoms with van der Waals surface area (Å²) in [6.07, 6.45) is 4.71. The molecule has 0 bridgehead atoms. The lowest BCUT2D eigenvalue weighted by Crippen LogP contribution is -2.04. The largest absolute Gasteiger partial charge is 0.328 e. The Bertz CT molecular complexity index is 667. The van der Waals surface area contributed by atoms with Crippen LogP contribution in [0.15, 0.2) is 41.8 Å². The van der Waals surface area contributed by atoms with Crippen molar-refractivity contribution in [1.82, 2.24) is 9.55 Å². The number of hydrogen-bond acceptors (Lipinski definition) is 2. The predicted molar refractivity (Wildman–Crippen MR) is 86.4 cm³/mol. The number of hydrogen-bond donors (Lipinski definition) is 0. The van der Waals surface area contributed by atoms with E-state index in [0.717, 1.165) is 18.5 Å². The molecule has 0 saturated heterocycles. The fourth-order valence-electron chi connectivity index (χ4n) is 2.60. The first-order valence-corrected chi connectivity index (χ1v) is 8.23. The molecule has 2 aromatic heterocycles. The fraction of sp³-hybridized carbons (Fsp3) is 0.353. The van der Waals surface area contributed by atoms with E-state index < -0.39 is 0 Å². The normalized spacial score (nSPS) is 11.2. The average molecular weight is 284 g/mol. The molecule has 0 spiro atoms. The molecule has 3 rings (SSSR count). The molecule has 2 nitrogen and oxygen atoms in total. The maximum Gasteiger partial charge on any atom is 0.115 e. The van der Waals surface area contributed by atoms with Gasteiger partial charge < -0.3 is 4.57 Å². The van der Waals surface area contributed by atoms with Crippen LogP contribution in [0.5, 0.6) is 0 Å². The molecule has 0 unspecified atom stereocenters. The molecule has 0 atom stereocenters. The van der Waals surface area contributed by atoms with Crippen molar-refractivity contribution in [2.75, 3.05) is 0 Å². The van der Waals surface area contributed by atoms with Gasteiger partial charge in [0.2, 0.25) is 0 Å². The van der Waals surface area contributed by atoms with Gasteiger partial charge in [0.25, 0.3) is 0 Å². The maximum absolute atomic E-state index is 4.84. The van der Waals surface area contributed by atoms with Gasteiger partial charge in [0.05, 0.1) is 11.0 Å². The molecule has 0 radical (unpaired) electrons. The number of unbranched alkanes of at least 4 members (excludes halogenated alkanes) is 2. The zero-order valence-electron chi connectivity index (χ0n) is 11.9. The summed E-state index contributed by atoms with van der Waals surface area (Å²) < 4.78 is 2.41. The van der Waals surface area contributed by atoms with E-state index in [9.17, 15) is 0 Å². The Kier molecular flexibility index (Phi) is 4.16. The Hall–Kier alpha value is -1.61. The second-order valence-electron chi connectivity index (χ2n) is 5.13. The number of imidazole rings is 1. The number of aromatic nitrogens is 2. The molecule has 0 aliphatic rings. The van der Waals surface area contributed by atoms with E-state index in [2.05, 4.69) is 53.3 Å². The first-order valence-electron chi connectivity index (χ1n) is 7.35. The zero-order valence-corrected chi connectivity index (χ0v) is 12.7. The second kappa shape index (κ2) is 6.23. The van der Waals surface area contributed by atoms with Gasteiger partial charge in [-0.3, -0.25) is 0 Å². The highest BCUT2D eigenvalue weighted by Gasteiger charge is 2.10. The van der Waals surface area contributed by atoms with E-state index in [-0.39, 0.29) is 0 Å². The molecule has 0 aliphatic carbocycles. The molecule has 0 amide bonds. The summed E-state index contributed by atoms with van der Waals surface area (Å²) in [5, 5.41) is 2.14. The smallest absolute Gasteiger partial charge is 0.115 e. The van der Waals surface area contributed by atoms with Crippen LogP contribution in [-0.2, 0) is 13.0 Å². The Morgan fingerprint density at radius 2 is 2.00 bits per heavy atom. The Labute approximate surface area is 124 Å². The van der Waals surface area contributed by atoms with Crippen molar-refractivity contribution in [3.63, 3.8) is 0 Å². The van der Waals surface area contributed by atoms with Gasteiger partial charge in [0, 0.05) is 17.8 Å². The van der Waals surface area contributed by atoms with Crippen LogP contribution >= 0.6 is 11.3 Å². The Morgan fingerprint density at radius 3 is 2.80 bits per heavy atom. The maximum atomic E-state index is 4.84. The lowest BCUT2D eigenvalue weighted by molar-refractivity contribution is 0.597. The van der Waals surface area contributed by atoms with Crippen molar-refractivity contribution >= 4 is 22.4 Å². The summed E-state index contributed by atoms with van der Waals surface area (Å²) in [7, 11) is 0. The minimum absolute atomic E-state index is 0.943. The van der Waals surface area contributed by atoms with Gasteiger partial charge >= 0.3 is 0 Å². The van der Waals surface area contributed by atoms with Gasteiger partial charge in [-0.25, -0.2) is 4.98 Å². The van der Waals surface area contributed by atoms with Gasteiger partial charge in [-0.2, -0.15) is 0 Å². The average Bonchev–Trinajstić information content (AvgIpc) is 3.08. The summed E-state index contributed by atoms with van der Waals surface area (Å²) in [4.78, 5) is 6.22. The SMILES string of the molecule is CCCCCn1c(Cc2cccs2)nc2ccccc21. The van der Waals surface area contributed by atoms with E-state index in [1.807, 2.05) is 11.3 Å². The predicted octanol–water partition coefficient (Wildman–Crippen LogP) is 4.88. The summed E-state index contributed by atoms with van der Waals surface area (Å²) in [5.74, 6) is 1.20. The van der Waals surface area contributed by atoms with E-state index in [1.165, 1.54) is 35.5 Å². The molecule has 0 N–H and O–H groups in total. The van der Waals surface area contributed by atoms with Crippen LogP contribution in [0, 0.1) is 0 Å². The van der Waals surface area contributed by atoms with Crippen LogP contribution < -0.4 is 0 Å². The van der Waals surface area contributed by atoms with Crippen molar-refractivity contribution in [3.8, 4) is 0 Å². The third-order valence-electron chi connectivity index (χ3n) is 3.63. The molecule has 2 heterocycles. The number of para-hydroxylation sites is 2. The molecule has 3 heteroatoms. The number of rotatable bonds is 6. The summed E-state index contributed by atoms with van der Waals surface area (Å²) in [6, 6.07) is 12.8. The highest BCUT2D eigenvalue weighted by molar-refractivity contribution is 7.09. The fourth-order valence-corrected chi connectivity index (χ4v) is 3.30. The number of benzene rings is 1. The van der Waals surface area contributed by atoms with E-state index in [1.54, 1.807) is 0 Å². The van der Waals surface area contributed by atoms with E-state index >= 15 is 0 Å². The van der Waals surface area contributed by atoms with Crippen LogP contribution in [0.4, 0.5) is 0 Å². The second-order valence-corrected chi connectivity index (χ2v) is 6.16. The van der Waals surface area contributed by atoms with Gasteiger partial charge in [0.1, 0.15) is 5.82 Å². The van der Waals surface area contributed by atoms with Crippen molar-refractivity contribution < 1.29 is 0 Å². The first-order chi connectivity index (χ1) is 9.88. The van der Waals surface area contributed by atoms with Gasteiger partial charge in [-0.1, -0.05) is 38.0 Å². The monoisotopic (exact) mass is 284 g/mol. The molecular formula is C17H20N2S. The number of nitrogens with zero attached hydrogens (tertiary/aromatic N) is 2. The topological polar surface area (TPSA) is 17.8 Å². The molecule has 0 saturated carbocycles. The van der Waals surface area contributed by atoms with Crippen LogP contribution in [0.2, 0.25) is 0 Å². The summed E-state index contributed by atoms with van der Waals surface area (Å²) in [6.45, 7) is 3.33. The van der Waals surface area contributed by atoms with Crippen LogP contribution in [0.3, 0.4) is 0 Å². The molecule has 104 valence electrons. The van der Waals surface area contributed by atoms with E-state index in [0.29, 0.717) is 0 Å². The lowest BCUT2D eigenvalue weighted by Gasteiger charge is -2.08. The quantitative estimate of drug-likeness (QED) is 0.590. The molecule has 0 fully saturated rings. The Morgan fingerprint density at radius 1 is 1.10 bits per heavy atom. The molecule has 1 aromatic carbocycles. The molecule has 0 aliphatic heterocycles. The van der Waals surface area contributed by atoms with E-state index in [4.69, 9.17) is 4.98 Å². The molecule has 20 heavy (non-hydrogen) atoms. The van der Waals surface area contributed by atoms with Crippen LogP contribution in [0.1, 0.15) is 36.9 Å². The van der Waals surface area contributed by atoms with Crippen molar-refractivity contribution in [1.29, 1.82) is 0 Å². The first kappa shape index (κ1) is 13.4. The summed E-state index contributed by atoms with van der Waals surface area (Å²) in [5.41, 5.74) is 2.39. The molecule has 3 aromatic rings. The third-order valence-corrected chi connectivity index (χ3v) is 4.51. The number of aryl methyl sites for hydroxylation is 1. The third kappa shape index (κ3) is 2.78. The van der Waals surface area contributed by atoms with Crippen molar-refractivity contribution in [2.45, 2.75) is 39.2 Å². The minimum Gasteiger partial charge on any atom is -0.328 e. The standard InChI is InChI=1S/C17H20N2S/c1-2-3-6-11-19-16-10-5-4-9-15(16)18-17(19)13-14-8-7-12-20-14/h4-5,7-10,12H,2-3,6,11,13H2,1H3. The van der Waals surface area contributed by atoms with Crippen molar-refractivity contribution in [2.24, 2.45) is 0 Å². The number of thiophene rings is 1. The Balaban J connectivity index is 1.94. The zero-order chi connectivity index (χ0) is 13.8. The molecular weight excluding hydrogens is 264 g/mol.